The smallest absolute Gasteiger partial charge is 0.329 e. The molecular formula is C42H55N13O3. The summed E-state index contributed by atoms with van der Waals surface area (Å²) in [7, 11) is 5.40. The summed E-state index contributed by atoms with van der Waals surface area (Å²) in [4.78, 5) is 61.5. The van der Waals surface area contributed by atoms with Gasteiger partial charge in [-0.1, -0.05) is 12.8 Å². The maximum atomic E-state index is 13.1. The van der Waals surface area contributed by atoms with Crippen LogP contribution in [0.2, 0.25) is 0 Å². The number of carbonyl (C=O) groups is 3. The average molecular weight is 790 g/mol. The molecule has 58 heavy (non-hydrogen) atoms. The van der Waals surface area contributed by atoms with E-state index in [-0.39, 0.29) is 36.7 Å². The number of imide groups is 1. The number of pyridine rings is 1. The standard InChI is InChI=1S/C42H55N13O3/c1-44-34-25-31(8-10-33(34)38(43)54-19-15-37(56)48-42(54)58)52-17-13-28(14-18-52)12-16-51-20-22-53(23-21-51)32-9-11-36(45-27-32)47-41-46-26-29-24-35(40(57)50(2)3)55(39(29)49-41)30-6-4-5-7-30/h8-11,24-28,30,43-44H,4-7,12-23H2,1-3H3,(H,48,56,58)(H,45,46,47,49). The molecule has 16 nitrogen and oxygen atoms in total. The van der Waals surface area contributed by atoms with Crippen molar-refractivity contribution in [3.63, 3.8) is 0 Å². The predicted molar refractivity (Wildman–Crippen MR) is 226 cm³/mol. The van der Waals surface area contributed by atoms with E-state index in [2.05, 4.69) is 52.3 Å². The molecule has 16 heteroatoms. The van der Waals surface area contributed by atoms with Crippen LogP contribution in [0.15, 0.2) is 48.8 Å². The van der Waals surface area contributed by atoms with Crippen LogP contribution >= 0.6 is 0 Å². The Labute approximate surface area is 339 Å². The van der Waals surface area contributed by atoms with E-state index in [1.807, 2.05) is 37.5 Å². The molecule has 0 spiro atoms. The first kappa shape index (κ1) is 39.1. The van der Waals surface area contributed by atoms with Gasteiger partial charge in [0.25, 0.3) is 5.91 Å². The summed E-state index contributed by atoms with van der Waals surface area (Å²) < 4.78 is 2.13. The monoisotopic (exact) mass is 789 g/mol. The number of fused-ring (bicyclic) bond motifs is 1. The van der Waals surface area contributed by atoms with E-state index in [4.69, 9.17) is 15.4 Å². The summed E-state index contributed by atoms with van der Waals surface area (Å²) in [5, 5.41) is 18.3. The summed E-state index contributed by atoms with van der Waals surface area (Å²) in [6.07, 6.45) is 11.8. The normalized spacial score (nSPS) is 18.5. The van der Waals surface area contributed by atoms with E-state index in [1.54, 1.807) is 25.2 Å². The highest BCUT2D eigenvalue weighted by Gasteiger charge is 2.30. The topological polar surface area (TPSA) is 171 Å². The van der Waals surface area contributed by atoms with Crippen LogP contribution in [-0.2, 0) is 4.79 Å². The predicted octanol–water partition coefficient (Wildman–Crippen LogP) is 5.12. The number of anilines is 5. The highest BCUT2D eigenvalue weighted by atomic mass is 16.2. The molecule has 3 aromatic heterocycles. The van der Waals surface area contributed by atoms with E-state index in [0.717, 1.165) is 112 Å². The van der Waals surface area contributed by atoms with Crippen molar-refractivity contribution in [3.8, 4) is 0 Å². The molecule has 4 aliphatic rings. The molecule has 0 atom stereocenters. The minimum Gasteiger partial charge on any atom is -0.387 e. The molecule has 0 radical (unpaired) electrons. The number of amides is 4. The van der Waals surface area contributed by atoms with Gasteiger partial charge in [0.2, 0.25) is 11.9 Å². The highest BCUT2D eigenvalue weighted by Crippen LogP contribution is 2.35. The summed E-state index contributed by atoms with van der Waals surface area (Å²) in [6.45, 7) is 7.25. The van der Waals surface area contributed by atoms with Crippen LogP contribution in [0.3, 0.4) is 0 Å². The molecule has 1 aromatic carbocycles. The average Bonchev–Trinajstić information content (AvgIpc) is 3.91. The molecule has 3 saturated heterocycles. The van der Waals surface area contributed by atoms with E-state index < -0.39 is 6.03 Å². The van der Waals surface area contributed by atoms with Crippen molar-refractivity contribution in [2.45, 2.75) is 57.4 Å². The molecule has 4 aromatic rings. The van der Waals surface area contributed by atoms with Gasteiger partial charge >= 0.3 is 6.03 Å². The molecule has 0 bridgehead atoms. The fraction of sp³-hybridized carbons (Fsp3) is 0.500. The lowest BCUT2D eigenvalue weighted by Gasteiger charge is -2.38. The lowest BCUT2D eigenvalue weighted by molar-refractivity contribution is -0.121. The number of nitrogens with zero attached hydrogens (tertiary/aromatic N) is 9. The number of carbonyl (C=O) groups excluding carboxylic acids is 3. The van der Waals surface area contributed by atoms with Gasteiger partial charge < -0.3 is 29.9 Å². The number of hydrogen-bond acceptors (Lipinski definition) is 12. The summed E-state index contributed by atoms with van der Waals surface area (Å²) >= 11 is 0. The lowest BCUT2D eigenvalue weighted by atomic mass is 9.92. The van der Waals surface area contributed by atoms with Crippen molar-refractivity contribution >= 4 is 63.5 Å². The molecule has 1 aliphatic carbocycles. The number of benzene rings is 1. The Bertz CT molecular complexity index is 2150. The number of nitrogens with one attached hydrogen (secondary N) is 4. The van der Waals surface area contributed by atoms with E-state index in [1.165, 1.54) is 11.3 Å². The molecule has 3 aliphatic heterocycles. The van der Waals surface area contributed by atoms with Crippen LogP contribution in [0.4, 0.5) is 33.6 Å². The molecule has 4 amide bonds. The van der Waals surface area contributed by atoms with Crippen molar-refractivity contribution in [1.29, 1.82) is 5.41 Å². The number of urea groups is 1. The SMILES string of the molecule is CNc1cc(N2CCC(CCN3CCN(c4ccc(Nc5ncc6cc(C(=O)N(C)C)n(C7CCCC7)c6n5)nc4)CC3)CC2)ccc1C(=N)N1CCC(=O)NC1=O. The van der Waals surface area contributed by atoms with Gasteiger partial charge in [0.05, 0.1) is 11.9 Å². The van der Waals surface area contributed by atoms with Crippen molar-refractivity contribution in [3.05, 3.63) is 60.0 Å². The van der Waals surface area contributed by atoms with Gasteiger partial charge in [-0.2, -0.15) is 4.98 Å². The summed E-state index contributed by atoms with van der Waals surface area (Å²) in [5.41, 5.74) is 5.10. The third kappa shape index (κ3) is 8.28. The Kier molecular flexibility index (Phi) is 11.4. The number of aromatic nitrogens is 4. The quantitative estimate of drug-likeness (QED) is 0.117. The maximum absolute atomic E-state index is 13.1. The van der Waals surface area contributed by atoms with Crippen LogP contribution in [0, 0.1) is 11.3 Å². The summed E-state index contributed by atoms with van der Waals surface area (Å²) in [5.74, 6) is 1.59. The van der Waals surface area contributed by atoms with E-state index in [0.29, 0.717) is 28.9 Å². The molecule has 4 fully saturated rings. The van der Waals surface area contributed by atoms with Crippen LogP contribution < -0.4 is 25.8 Å². The van der Waals surface area contributed by atoms with Crippen molar-refractivity contribution in [2.75, 3.05) is 93.9 Å². The Morgan fingerprint density at radius 3 is 2.33 bits per heavy atom. The van der Waals surface area contributed by atoms with Crippen molar-refractivity contribution in [1.82, 2.24) is 39.5 Å². The zero-order valence-corrected chi connectivity index (χ0v) is 33.8. The molecular weight excluding hydrogens is 735 g/mol. The first-order chi connectivity index (χ1) is 28.1. The zero-order valence-electron chi connectivity index (χ0n) is 33.8. The minimum absolute atomic E-state index is 0.0207. The van der Waals surface area contributed by atoms with Gasteiger partial charge in [-0.3, -0.25) is 30.1 Å². The second-order valence-corrected chi connectivity index (χ2v) is 16.2. The van der Waals surface area contributed by atoms with Crippen LogP contribution in [-0.4, -0.2) is 131 Å². The first-order valence-electron chi connectivity index (χ1n) is 20.7. The Balaban J connectivity index is 0.797. The number of amidine groups is 1. The van der Waals surface area contributed by atoms with Gasteiger partial charge in [0, 0.05) is 108 Å². The summed E-state index contributed by atoms with van der Waals surface area (Å²) in [6, 6.07) is 11.7. The highest BCUT2D eigenvalue weighted by molar-refractivity contribution is 6.13. The van der Waals surface area contributed by atoms with Crippen LogP contribution in [0.1, 0.15) is 73.5 Å². The fourth-order valence-corrected chi connectivity index (χ4v) is 8.90. The molecule has 1 saturated carbocycles. The van der Waals surface area contributed by atoms with Gasteiger partial charge in [-0.15, -0.1) is 0 Å². The zero-order chi connectivity index (χ0) is 40.3. The number of rotatable bonds is 11. The van der Waals surface area contributed by atoms with Gasteiger partial charge in [-0.25, -0.2) is 14.8 Å². The van der Waals surface area contributed by atoms with Gasteiger partial charge in [-0.05, 0) is 81.0 Å². The molecule has 6 heterocycles. The van der Waals surface area contributed by atoms with Crippen molar-refractivity contribution < 1.29 is 14.4 Å². The van der Waals surface area contributed by atoms with Crippen LogP contribution in [0.25, 0.3) is 11.0 Å². The van der Waals surface area contributed by atoms with Crippen LogP contribution in [0.5, 0.6) is 0 Å². The fourth-order valence-electron chi connectivity index (χ4n) is 8.90. The number of hydrogen-bond donors (Lipinski definition) is 4. The lowest BCUT2D eigenvalue weighted by Crippen LogP contribution is -2.52. The second kappa shape index (κ2) is 17.0. The largest absolute Gasteiger partial charge is 0.387 e. The maximum Gasteiger partial charge on any atom is 0.329 e. The van der Waals surface area contributed by atoms with E-state index in [9.17, 15) is 14.4 Å². The molecule has 306 valence electrons. The Morgan fingerprint density at radius 1 is 0.897 bits per heavy atom. The van der Waals surface area contributed by atoms with E-state index >= 15 is 0 Å². The van der Waals surface area contributed by atoms with Crippen molar-refractivity contribution in [2.24, 2.45) is 5.92 Å². The Morgan fingerprint density at radius 2 is 1.64 bits per heavy atom. The third-order valence-electron chi connectivity index (χ3n) is 12.3. The second-order valence-electron chi connectivity index (χ2n) is 16.2. The molecule has 4 N–H and O–H groups in total. The molecule has 8 rings (SSSR count). The van der Waals surface area contributed by atoms with Gasteiger partial charge in [0.1, 0.15) is 23.0 Å². The molecule has 0 unspecified atom stereocenters. The first-order valence-corrected chi connectivity index (χ1v) is 20.7. The Hall–Kier alpha value is -5.77. The minimum atomic E-state index is -0.546. The number of piperazine rings is 1. The van der Waals surface area contributed by atoms with Gasteiger partial charge in [0.15, 0.2) is 0 Å². The number of piperidine rings is 1. The third-order valence-corrected chi connectivity index (χ3v) is 12.3.